The fourth-order valence-electron chi connectivity index (χ4n) is 2.36. The van der Waals surface area contributed by atoms with Crippen molar-refractivity contribution in [1.82, 2.24) is 5.32 Å². The van der Waals surface area contributed by atoms with Crippen LogP contribution in [0, 0.1) is 5.92 Å². The molecule has 0 radical (unpaired) electrons. The monoisotopic (exact) mass is 201 g/mol. The number of Topliss-reactive ketones (excluding diaryl/α,β-unsaturated/α-hetero) is 1. The van der Waals surface area contributed by atoms with Crippen molar-refractivity contribution in [3.63, 3.8) is 0 Å². The van der Waals surface area contributed by atoms with Crippen molar-refractivity contribution in [1.29, 1.82) is 0 Å². The van der Waals surface area contributed by atoms with E-state index < -0.39 is 0 Å². The maximum Gasteiger partial charge on any atom is 0.157 e. The van der Waals surface area contributed by atoms with Crippen molar-refractivity contribution in [2.45, 2.75) is 25.3 Å². The van der Waals surface area contributed by atoms with Gasteiger partial charge >= 0.3 is 0 Å². The van der Waals surface area contributed by atoms with E-state index in [4.69, 9.17) is 0 Å². The molecule has 15 heavy (non-hydrogen) atoms. The fourth-order valence-corrected chi connectivity index (χ4v) is 2.36. The first kappa shape index (κ1) is 9.10. The zero-order chi connectivity index (χ0) is 10.3. The van der Waals surface area contributed by atoms with Crippen molar-refractivity contribution in [3.05, 3.63) is 35.4 Å². The molecule has 0 saturated heterocycles. The Kier molecular flexibility index (Phi) is 2.10. The van der Waals surface area contributed by atoms with E-state index in [1.165, 1.54) is 11.1 Å². The van der Waals surface area contributed by atoms with E-state index in [-0.39, 0.29) is 6.04 Å². The van der Waals surface area contributed by atoms with Gasteiger partial charge in [-0.2, -0.15) is 0 Å². The van der Waals surface area contributed by atoms with Gasteiger partial charge in [-0.15, -0.1) is 0 Å². The number of hydrogen-bond acceptors (Lipinski definition) is 2. The molecule has 2 heteroatoms. The molecule has 1 aliphatic carbocycles. The summed E-state index contributed by atoms with van der Waals surface area (Å²) in [4.78, 5) is 12.1. The third kappa shape index (κ3) is 1.59. The fraction of sp³-hybridized carbons (Fsp3) is 0.462. The van der Waals surface area contributed by atoms with Crippen molar-refractivity contribution in [3.8, 4) is 0 Å². The summed E-state index contributed by atoms with van der Waals surface area (Å²) in [5.41, 5.74) is 2.55. The minimum absolute atomic E-state index is 0.0255. The van der Waals surface area contributed by atoms with Gasteiger partial charge in [0.2, 0.25) is 0 Å². The van der Waals surface area contributed by atoms with Crippen molar-refractivity contribution < 1.29 is 4.79 Å². The molecule has 0 bridgehead atoms. The molecule has 1 saturated carbocycles. The number of fused-ring (bicyclic) bond motifs is 1. The summed E-state index contributed by atoms with van der Waals surface area (Å²) in [6, 6.07) is 8.29. The zero-order valence-corrected chi connectivity index (χ0v) is 8.70. The molecular formula is C13H15NO. The lowest BCUT2D eigenvalue weighted by atomic mass is 9.90. The van der Waals surface area contributed by atoms with Gasteiger partial charge in [-0.1, -0.05) is 24.3 Å². The summed E-state index contributed by atoms with van der Waals surface area (Å²) in [6.45, 7) is 0.931. The van der Waals surface area contributed by atoms with Crippen LogP contribution in [0.25, 0.3) is 0 Å². The Bertz CT molecular complexity index is 395. The number of benzene rings is 1. The number of rotatable bonds is 2. The van der Waals surface area contributed by atoms with Crippen LogP contribution in [-0.2, 0) is 11.2 Å². The van der Waals surface area contributed by atoms with Crippen LogP contribution < -0.4 is 5.32 Å². The van der Waals surface area contributed by atoms with Crippen LogP contribution in [0.2, 0.25) is 0 Å². The Hall–Kier alpha value is -1.15. The second-order valence-corrected chi connectivity index (χ2v) is 4.51. The second-order valence-electron chi connectivity index (χ2n) is 4.51. The maximum atomic E-state index is 12.1. The Balaban J connectivity index is 1.94. The molecule has 3 rings (SSSR count). The topological polar surface area (TPSA) is 29.1 Å². The molecular weight excluding hydrogens is 186 g/mol. The van der Waals surface area contributed by atoms with Crippen molar-refractivity contribution in [2.75, 3.05) is 6.54 Å². The highest BCUT2D eigenvalue weighted by molar-refractivity contribution is 5.89. The van der Waals surface area contributed by atoms with Gasteiger partial charge in [-0.05, 0) is 30.4 Å². The Morgan fingerprint density at radius 3 is 2.87 bits per heavy atom. The van der Waals surface area contributed by atoms with Gasteiger partial charge in [0.15, 0.2) is 5.78 Å². The van der Waals surface area contributed by atoms with Crippen LogP contribution in [0.1, 0.15) is 30.0 Å². The van der Waals surface area contributed by atoms with Gasteiger partial charge in [0.1, 0.15) is 0 Å². The standard InChI is InChI=1S/C13H15NO/c15-13(10-5-6-10)12-11-4-2-1-3-9(11)7-8-14-12/h1-4,10,12,14H,5-8H2. The first-order chi connectivity index (χ1) is 7.36. The van der Waals surface area contributed by atoms with Crippen LogP contribution >= 0.6 is 0 Å². The van der Waals surface area contributed by atoms with E-state index in [1.807, 2.05) is 6.07 Å². The SMILES string of the molecule is O=C(C1CC1)C1NCCc2ccccc21. The van der Waals surface area contributed by atoms with Crippen LogP contribution in [0.4, 0.5) is 0 Å². The van der Waals surface area contributed by atoms with E-state index in [0.29, 0.717) is 11.7 Å². The lowest BCUT2D eigenvalue weighted by Gasteiger charge is -2.25. The Labute approximate surface area is 89.7 Å². The largest absolute Gasteiger partial charge is 0.303 e. The highest BCUT2D eigenvalue weighted by atomic mass is 16.1. The van der Waals surface area contributed by atoms with Crippen LogP contribution in [-0.4, -0.2) is 12.3 Å². The summed E-state index contributed by atoms with van der Waals surface area (Å²) in [7, 11) is 0. The van der Waals surface area contributed by atoms with Gasteiger partial charge in [0, 0.05) is 12.5 Å². The summed E-state index contributed by atoms with van der Waals surface area (Å²) in [5.74, 6) is 0.746. The molecule has 0 spiro atoms. The molecule has 1 aliphatic heterocycles. The smallest absolute Gasteiger partial charge is 0.157 e. The molecule has 0 aromatic heterocycles. The molecule has 2 nitrogen and oxygen atoms in total. The first-order valence-corrected chi connectivity index (χ1v) is 5.71. The summed E-state index contributed by atoms with van der Waals surface area (Å²) in [5, 5.41) is 3.35. The van der Waals surface area contributed by atoms with Gasteiger partial charge in [0.05, 0.1) is 6.04 Å². The highest BCUT2D eigenvalue weighted by Gasteiger charge is 2.36. The van der Waals surface area contributed by atoms with E-state index in [0.717, 1.165) is 25.8 Å². The minimum atomic E-state index is -0.0255. The first-order valence-electron chi connectivity index (χ1n) is 5.71. The molecule has 1 aromatic carbocycles. The average Bonchev–Trinajstić information content (AvgIpc) is 3.11. The van der Waals surface area contributed by atoms with E-state index in [2.05, 4.69) is 23.5 Å². The van der Waals surface area contributed by atoms with Gasteiger partial charge in [-0.3, -0.25) is 4.79 Å². The normalized spacial score (nSPS) is 24.7. The number of hydrogen-bond donors (Lipinski definition) is 1. The van der Waals surface area contributed by atoms with Gasteiger partial charge in [-0.25, -0.2) is 0 Å². The number of carbonyl (C=O) groups is 1. The van der Waals surface area contributed by atoms with E-state index in [1.54, 1.807) is 0 Å². The minimum Gasteiger partial charge on any atom is -0.303 e. The van der Waals surface area contributed by atoms with Crippen molar-refractivity contribution in [2.24, 2.45) is 5.92 Å². The van der Waals surface area contributed by atoms with Crippen LogP contribution in [0.15, 0.2) is 24.3 Å². The lowest BCUT2D eigenvalue weighted by Crippen LogP contribution is -2.35. The van der Waals surface area contributed by atoms with Crippen LogP contribution in [0.5, 0.6) is 0 Å². The number of nitrogens with one attached hydrogen (secondary N) is 1. The number of ketones is 1. The van der Waals surface area contributed by atoms with E-state index >= 15 is 0 Å². The quantitative estimate of drug-likeness (QED) is 0.791. The average molecular weight is 201 g/mol. The molecule has 1 unspecified atom stereocenters. The summed E-state index contributed by atoms with van der Waals surface area (Å²) < 4.78 is 0. The van der Waals surface area contributed by atoms with Crippen molar-refractivity contribution >= 4 is 5.78 Å². The summed E-state index contributed by atoms with van der Waals surface area (Å²) >= 11 is 0. The third-order valence-corrected chi connectivity index (χ3v) is 3.37. The number of carbonyl (C=O) groups excluding carboxylic acids is 1. The van der Waals surface area contributed by atoms with Gasteiger partial charge in [0.25, 0.3) is 0 Å². The highest BCUT2D eigenvalue weighted by Crippen LogP contribution is 2.36. The molecule has 1 N–H and O–H groups in total. The molecule has 78 valence electrons. The zero-order valence-electron chi connectivity index (χ0n) is 8.70. The molecule has 1 heterocycles. The molecule has 1 atom stereocenters. The van der Waals surface area contributed by atoms with E-state index in [9.17, 15) is 4.79 Å². The predicted octanol–water partition coefficient (Wildman–Crippen LogP) is 1.85. The lowest BCUT2D eigenvalue weighted by molar-refractivity contribution is -0.122. The Morgan fingerprint density at radius 1 is 1.27 bits per heavy atom. The van der Waals surface area contributed by atoms with Crippen LogP contribution in [0.3, 0.4) is 0 Å². The molecule has 0 amide bonds. The molecule has 1 aromatic rings. The maximum absolute atomic E-state index is 12.1. The molecule has 1 fully saturated rings. The summed E-state index contributed by atoms with van der Waals surface area (Å²) in [6.07, 6.45) is 3.24. The second kappa shape index (κ2) is 3.46. The third-order valence-electron chi connectivity index (χ3n) is 3.37. The predicted molar refractivity (Wildman–Crippen MR) is 58.6 cm³/mol. The van der Waals surface area contributed by atoms with Gasteiger partial charge < -0.3 is 5.32 Å². The molecule has 2 aliphatic rings. The Morgan fingerprint density at radius 2 is 2.07 bits per heavy atom.